The van der Waals surface area contributed by atoms with E-state index in [1.165, 1.54) is 25.3 Å². The lowest BCUT2D eigenvalue weighted by Crippen LogP contribution is -2.30. The molecule has 0 bridgehead atoms. The number of aromatic hydroxyl groups is 4. The van der Waals surface area contributed by atoms with Crippen LogP contribution in [0.1, 0.15) is 22.8 Å². The van der Waals surface area contributed by atoms with Crippen LogP contribution in [-0.2, 0) is 13.0 Å². The zero-order valence-electron chi connectivity index (χ0n) is 15.7. The Labute approximate surface area is 170 Å². The number of phenols is 4. The predicted molar refractivity (Wildman–Crippen MR) is 105 cm³/mol. The highest BCUT2D eigenvalue weighted by atomic mass is 32.2. The molecule has 0 aliphatic carbocycles. The van der Waals surface area contributed by atoms with Crippen molar-refractivity contribution in [3.8, 4) is 34.5 Å². The highest BCUT2D eigenvalue weighted by molar-refractivity contribution is 8.12. The van der Waals surface area contributed by atoms with E-state index in [2.05, 4.69) is 5.32 Å². The van der Waals surface area contributed by atoms with Gasteiger partial charge in [0.05, 0.1) is 25.3 Å². The molecule has 1 heterocycles. The first-order valence-corrected chi connectivity index (χ1v) is 9.82. The summed E-state index contributed by atoms with van der Waals surface area (Å²) in [6.07, 6.45) is -0.491. The number of benzene rings is 2. The Morgan fingerprint density at radius 1 is 1.21 bits per heavy atom. The van der Waals surface area contributed by atoms with Gasteiger partial charge in [0.2, 0.25) is 5.75 Å². The van der Waals surface area contributed by atoms with E-state index in [9.17, 15) is 30.3 Å². The number of amides is 1. The molecule has 1 aliphatic rings. The van der Waals surface area contributed by atoms with Gasteiger partial charge in [-0.15, -0.1) is 0 Å². The fourth-order valence-electron chi connectivity index (χ4n) is 3.24. The Balaban J connectivity index is 1.93. The molecule has 0 spiro atoms. The smallest absolute Gasteiger partial charge is 0.279 e. The second-order valence-electron chi connectivity index (χ2n) is 6.45. The van der Waals surface area contributed by atoms with E-state index in [0.29, 0.717) is 0 Å². The number of nitrogens with one attached hydrogen (secondary N) is 1. The highest BCUT2D eigenvalue weighted by Crippen LogP contribution is 2.46. The number of hydrogen-bond acceptors (Lipinski definition) is 9. The van der Waals surface area contributed by atoms with Crippen LogP contribution in [0.2, 0.25) is 0 Å². The molecule has 1 amide bonds. The van der Waals surface area contributed by atoms with Gasteiger partial charge in [-0.3, -0.25) is 4.79 Å². The van der Waals surface area contributed by atoms with E-state index < -0.39 is 12.2 Å². The molecule has 3 rings (SSSR count). The summed E-state index contributed by atoms with van der Waals surface area (Å²) in [7, 11) is 1.29. The molecule has 10 heteroatoms. The summed E-state index contributed by atoms with van der Waals surface area (Å²) in [5, 5.41) is 53.5. The van der Waals surface area contributed by atoms with Crippen molar-refractivity contribution in [2.24, 2.45) is 0 Å². The van der Waals surface area contributed by atoms with Gasteiger partial charge in [0.15, 0.2) is 17.6 Å². The summed E-state index contributed by atoms with van der Waals surface area (Å²) in [6.45, 7) is -0.0929. The molecule has 1 aliphatic heterocycles. The molecule has 156 valence electrons. The highest BCUT2D eigenvalue weighted by Gasteiger charge is 2.34. The minimum Gasteiger partial charge on any atom is -0.507 e. The van der Waals surface area contributed by atoms with Crippen molar-refractivity contribution in [2.75, 3.05) is 13.4 Å². The van der Waals surface area contributed by atoms with Crippen LogP contribution < -0.4 is 14.8 Å². The standard InChI is InChI=1S/C19H21NO8S/c1-27-18-12(22)3-8(4-13(18)23)17-14(24)5-9-15(28-17)6-11(21)10(16(9)25)7-20-19(26)29-2/h3-4,6,14,17,21-25H,5,7H2,1-2H3,(H,20,26). The Hall–Kier alpha value is -2.98. The lowest BCUT2D eigenvalue weighted by atomic mass is 9.92. The zero-order valence-corrected chi connectivity index (χ0v) is 16.5. The molecule has 0 radical (unpaired) electrons. The number of fused-ring (bicyclic) bond motifs is 1. The quantitative estimate of drug-likeness (QED) is 0.435. The number of thioether (sulfide) groups is 1. The summed E-state index contributed by atoms with van der Waals surface area (Å²) in [6, 6.07) is 3.88. The maximum atomic E-state index is 11.4. The third-order valence-electron chi connectivity index (χ3n) is 4.66. The number of carbonyl (C=O) groups is 1. The van der Waals surface area contributed by atoms with Crippen LogP contribution in [0.15, 0.2) is 18.2 Å². The maximum Gasteiger partial charge on any atom is 0.279 e. The summed E-state index contributed by atoms with van der Waals surface area (Å²) in [5.41, 5.74) is 0.677. The first kappa shape index (κ1) is 20.7. The zero-order chi connectivity index (χ0) is 21.3. The van der Waals surface area contributed by atoms with E-state index in [0.717, 1.165) is 11.8 Å². The minimum atomic E-state index is -1.11. The van der Waals surface area contributed by atoms with Crippen molar-refractivity contribution in [1.82, 2.24) is 5.32 Å². The SMILES string of the molecule is COc1c(O)cc(C2Oc3cc(O)c(CNC(=O)SC)c(O)c3CC2O)cc1O. The van der Waals surface area contributed by atoms with E-state index >= 15 is 0 Å². The second kappa shape index (κ2) is 8.18. The molecule has 2 atom stereocenters. The average Bonchev–Trinajstić information content (AvgIpc) is 2.67. The topological polar surface area (TPSA) is 149 Å². The molecule has 6 N–H and O–H groups in total. The van der Waals surface area contributed by atoms with Gasteiger partial charge in [-0.2, -0.15) is 0 Å². The van der Waals surface area contributed by atoms with Crippen LogP contribution in [0.3, 0.4) is 0 Å². The number of aliphatic hydroxyl groups is 1. The van der Waals surface area contributed by atoms with Crippen molar-refractivity contribution in [3.05, 3.63) is 34.9 Å². The van der Waals surface area contributed by atoms with Crippen molar-refractivity contribution in [2.45, 2.75) is 25.2 Å². The van der Waals surface area contributed by atoms with E-state index in [1.807, 2.05) is 0 Å². The van der Waals surface area contributed by atoms with E-state index in [-0.39, 0.29) is 69.4 Å². The minimum absolute atomic E-state index is 0.0108. The summed E-state index contributed by atoms with van der Waals surface area (Å²) >= 11 is 0.960. The molecule has 2 aromatic rings. The van der Waals surface area contributed by atoms with Crippen molar-refractivity contribution >= 4 is 17.0 Å². The van der Waals surface area contributed by atoms with Crippen LogP contribution in [-0.4, -0.2) is 50.2 Å². The lowest BCUT2D eigenvalue weighted by Gasteiger charge is -2.32. The fraction of sp³-hybridized carbons (Fsp3) is 0.316. The molecular weight excluding hydrogens is 402 g/mol. The molecule has 29 heavy (non-hydrogen) atoms. The Morgan fingerprint density at radius 3 is 2.45 bits per heavy atom. The largest absolute Gasteiger partial charge is 0.507 e. The normalized spacial score (nSPS) is 17.9. The first-order valence-electron chi connectivity index (χ1n) is 8.59. The summed E-state index contributed by atoms with van der Waals surface area (Å²) in [5.74, 6) is -1.17. The van der Waals surface area contributed by atoms with Gasteiger partial charge >= 0.3 is 0 Å². The molecule has 9 nitrogen and oxygen atoms in total. The van der Waals surface area contributed by atoms with Crippen molar-refractivity contribution < 1.29 is 39.8 Å². The number of aliphatic hydroxyl groups excluding tert-OH is 1. The van der Waals surface area contributed by atoms with Gasteiger partial charge in [0.1, 0.15) is 17.2 Å². The van der Waals surface area contributed by atoms with Crippen molar-refractivity contribution in [3.63, 3.8) is 0 Å². The molecule has 0 fully saturated rings. The Bertz CT molecular complexity index is 925. The van der Waals surface area contributed by atoms with Crippen LogP contribution in [0.25, 0.3) is 0 Å². The lowest BCUT2D eigenvalue weighted by molar-refractivity contribution is 0.0195. The maximum absolute atomic E-state index is 11.4. The average molecular weight is 423 g/mol. The molecule has 0 aromatic heterocycles. The van der Waals surface area contributed by atoms with Gasteiger partial charge in [-0.25, -0.2) is 0 Å². The number of ether oxygens (including phenoxy) is 2. The number of rotatable bonds is 4. The van der Waals surface area contributed by atoms with Gasteiger partial charge < -0.3 is 40.3 Å². The monoisotopic (exact) mass is 423 g/mol. The van der Waals surface area contributed by atoms with Gasteiger partial charge in [0, 0.05) is 23.6 Å². The second-order valence-corrected chi connectivity index (χ2v) is 7.23. The van der Waals surface area contributed by atoms with Gasteiger partial charge in [-0.05, 0) is 18.4 Å². The van der Waals surface area contributed by atoms with Crippen LogP contribution in [0.4, 0.5) is 4.79 Å². The number of methoxy groups -OCH3 is 1. The van der Waals surface area contributed by atoms with Crippen molar-refractivity contribution in [1.29, 1.82) is 0 Å². The third-order valence-corrected chi connectivity index (χ3v) is 5.18. The molecule has 2 unspecified atom stereocenters. The summed E-state index contributed by atoms with van der Waals surface area (Å²) in [4.78, 5) is 11.4. The molecule has 0 saturated carbocycles. The summed E-state index contributed by atoms with van der Waals surface area (Å²) < 4.78 is 10.6. The molecular formula is C19H21NO8S. The number of carbonyl (C=O) groups excluding carboxylic acids is 1. The van der Waals surface area contributed by atoms with Crippen LogP contribution >= 0.6 is 11.8 Å². The van der Waals surface area contributed by atoms with Crippen LogP contribution in [0, 0.1) is 0 Å². The number of phenolic OH excluding ortho intramolecular Hbond substituents is 4. The van der Waals surface area contributed by atoms with Gasteiger partial charge in [0.25, 0.3) is 5.24 Å². The fourth-order valence-corrected chi connectivity index (χ4v) is 3.46. The number of hydrogen-bond donors (Lipinski definition) is 6. The Kier molecular flexibility index (Phi) is 5.85. The molecule has 0 saturated heterocycles. The Morgan fingerprint density at radius 2 is 1.86 bits per heavy atom. The third kappa shape index (κ3) is 3.94. The van der Waals surface area contributed by atoms with E-state index in [4.69, 9.17) is 9.47 Å². The molecule has 2 aromatic carbocycles. The first-order chi connectivity index (χ1) is 13.8. The predicted octanol–water partition coefficient (Wildman–Crippen LogP) is 2.13. The van der Waals surface area contributed by atoms with Gasteiger partial charge in [-0.1, -0.05) is 11.8 Å². The van der Waals surface area contributed by atoms with Crippen LogP contribution in [0.5, 0.6) is 34.5 Å². The van der Waals surface area contributed by atoms with E-state index in [1.54, 1.807) is 6.26 Å².